The summed E-state index contributed by atoms with van der Waals surface area (Å²) in [6, 6.07) is 12.2. The fourth-order valence-corrected chi connectivity index (χ4v) is 1.88. The van der Waals surface area contributed by atoms with E-state index in [1.807, 2.05) is 19.1 Å². The standard InChI is InChI=1S/C15H14ClNO2/c1-10-8-11(6-7-13(10)16)15(19)17-14-5-3-2-4-12(14)9-18/h2-8,18H,9H2,1H3,(H,17,19). The molecule has 4 heteroatoms. The number of nitrogens with one attached hydrogen (secondary N) is 1. The highest BCUT2D eigenvalue weighted by atomic mass is 35.5. The first-order chi connectivity index (χ1) is 9.11. The average Bonchev–Trinajstić information content (AvgIpc) is 2.42. The van der Waals surface area contributed by atoms with E-state index in [-0.39, 0.29) is 12.5 Å². The molecule has 0 atom stereocenters. The van der Waals surface area contributed by atoms with Gasteiger partial charge in [0.1, 0.15) is 0 Å². The molecule has 0 unspecified atom stereocenters. The predicted octanol–water partition coefficient (Wildman–Crippen LogP) is 3.39. The number of hydrogen-bond donors (Lipinski definition) is 2. The number of anilines is 1. The summed E-state index contributed by atoms with van der Waals surface area (Å²) in [5, 5.41) is 12.6. The summed E-state index contributed by atoms with van der Waals surface area (Å²) < 4.78 is 0. The lowest BCUT2D eigenvalue weighted by atomic mass is 10.1. The van der Waals surface area contributed by atoms with Gasteiger partial charge in [0.2, 0.25) is 0 Å². The Morgan fingerprint density at radius 3 is 2.68 bits per heavy atom. The molecular weight excluding hydrogens is 262 g/mol. The van der Waals surface area contributed by atoms with E-state index in [0.29, 0.717) is 21.8 Å². The molecule has 0 aliphatic rings. The second-order valence-electron chi connectivity index (χ2n) is 4.23. The number of carbonyl (C=O) groups is 1. The van der Waals surface area contributed by atoms with Crippen molar-refractivity contribution in [1.29, 1.82) is 0 Å². The maximum absolute atomic E-state index is 12.1. The van der Waals surface area contributed by atoms with Crippen molar-refractivity contribution in [3.8, 4) is 0 Å². The number of benzene rings is 2. The van der Waals surface area contributed by atoms with E-state index < -0.39 is 0 Å². The molecular formula is C15H14ClNO2. The number of aryl methyl sites for hydroxylation is 1. The lowest BCUT2D eigenvalue weighted by molar-refractivity contribution is 0.102. The maximum Gasteiger partial charge on any atom is 0.255 e. The van der Waals surface area contributed by atoms with Crippen molar-refractivity contribution in [2.24, 2.45) is 0 Å². The van der Waals surface area contributed by atoms with Crippen LogP contribution in [0.15, 0.2) is 42.5 Å². The van der Waals surface area contributed by atoms with Crippen LogP contribution in [-0.4, -0.2) is 11.0 Å². The van der Waals surface area contributed by atoms with Crippen LogP contribution in [0.4, 0.5) is 5.69 Å². The van der Waals surface area contributed by atoms with Gasteiger partial charge in [-0.2, -0.15) is 0 Å². The van der Waals surface area contributed by atoms with E-state index >= 15 is 0 Å². The van der Waals surface area contributed by atoms with E-state index in [2.05, 4.69) is 5.32 Å². The first kappa shape index (κ1) is 13.6. The molecule has 0 saturated carbocycles. The number of hydrogen-bond acceptors (Lipinski definition) is 2. The number of aliphatic hydroxyl groups is 1. The van der Waals surface area contributed by atoms with Crippen molar-refractivity contribution in [1.82, 2.24) is 0 Å². The minimum atomic E-state index is -0.222. The molecule has 1 amide bonds. The SMILES string of the molecule is Cc1cc(C(=O)Nc2ccccc2CO)ccc1Cl. The van der Waals surface area contributed by atoms with Crippen LogP contribution >= 0.6 is 11.6 Å². The summed E-state index contributed by atoms with van der Waals surface area (Å²) in [6.45, 7) is 1.73. The van der Waals surface area contributed by atoms with Crippen molar-refractivity contribution in [2.75, 3.05) is 5.32 Å². The lowest BCUT2D eigenvalue weighted by Crippen LogP contribution is -2.13. The monoisotopic (exact) mass is 275 g/mol. The Morgan fingerprint density at radius 1 is 1.26 bits per heavy atom. The molecule has 0 aliphatic carbocycles. The Bertz CT molecular complexity index is 611. The van der Waals surface area contributed by atoms with Gasteiger partial charge < -0.3 is 10.4 Å². The van der Waals surface area contributed by atoms with Gasteiger partial charge in [0.05, 0.1) is 6.61 Å². The molecule has 0 radical (unpaired) electrons. The number of rotatable bonds is 3. The molecule has 0 spiro atoms. The van der Waals surface area contributed by atoms with Crippen molar-refractivity contribution in [2.45, 2.75) is 13.5 Å². The van der Waals surface area contributed by atoms with Crippen LogP contribution < -0.4 is 5.32 Å². The summed E-state index contributed by atoms with van der Waals surface area (Å²) in [5.74, 6) is -0.222. The second kappa shape index (κ2) is 5.87. The highest BCUT2D eigenvalue weighted by Crippen LogP contribution is 2.19. The van der Waals surface area contributed by atoms with Crippen molar-refractivity contribution in [3.63, 3.8) is 0 Å². The third kappa shape index (κ3) is 3.13. The Kier molecular flexibility index (Phi) is 4.20. The van der Waals surface area contributed by atoms with Crippen LogP contribution in [0.25, 0.3) is 0 Å². The molecule has 98 valence electrons. The van der Waals surface area contributed by atoms with Gasteiger partial charge >= 0.3 is 0 Å². The molecule has 19 heavy (non-hydrogen) atoms. The highest BCUT2D eigenvalue weighted by Gasteiger charge is 2.09. The van der Waals surface area contributed by atoms with E-state index in [1.165, 1.54) is 0 Å². The summed E-state index contributed by atoms with van der Waals surface area (Å²) >= 11 is 5.93. The van der Waals surface area contributed by atoms with Crippen LogP contribution in [0.3, 0.4) is 0 Å². The number of aliphatic hydroxyl groups excluding tert-OH is 1. The van der Waals surface area contributed by atoms with Crippen molar-refractivity contribution >= 4 is 23.2 Å². The fourth-order valence-electron chi connectivity index (χ4n) is 1.76. The van der Waals surface area contributed by atoms with E-state index in [0.717, 1.165) is 5.56 Å². The zero-order valence-corrected chi connectivity index (χ0v) is 11.2. The van der Waals surface area contributed by atoms with Gasteiger partial charge in [-0.05, 0) is 36.8 Å². The second-order valence-corrected chi connectivity index (χ2v) is 4.64. The minimum absolute atomic E-state index is 0.115. The number of halogens is 1. The first-order valence-electron chi connectivity index (χ1n) is 5.88. The molecule has 3 nitrogen and oxygen atoms in total. The lowest BCUT2D eigenvalue weighted by Gasteiger charge is -2.10. The minimum Gasteiger partial charge on any atom is -0.392 e. The molecule has 0 aromatic heterocycles. The van der Waals surface area contributed by atoms with Crippen LogP contribution in [0.5, 0.6) is 0 Å². The number of para-hydroxylation sites is 1. The maximum atomic E-state index is 12.1. The molecule has 0 bridgehead atoms. The van der Waals surface area contributed by atoms with Gasteiger partial charge in [0, 0.05) is 21.8 Å². The van der Waals surface area contributed by atoms with E-state index in [9.17, 15) is 9.90 Å². The molecule has 2 aromatic carbocycles. The Labute approximate surface area is 116 Å². The molecule has 2 N–H and O–H groups in total. The smallest absolute Gasteiger partial charge is 0.255 e. The number of carbonyl (C=O) groups excluding carboxylic acids is 1. The Morgan fingerprint density at radius 2 is 2.00 bits per heavy atom. The summed E-state index contributed by atoms with van der Waals surface area (Å²) in [6.07, 6.45) is 0. The van der Waals surface area contributed by atoms with Crippen LogP contribution in [-0.2, 0) is 6.61 Å². The summed E-state index contributed by atoms with van der Waals surface area (Å²) in [5.41, 5.74) is 2.68. The van der Waals surface area contributed by atoms with Gasteiger partial charge in [-0.15, -0.1) is 0 Å². The molecule has 0 fully saturated rings. The van der Waals surface area contributed by atoms with E-state index in [1.54, 1.807) is 30.3 Å². The molecule has 2 aromatic rings. The summed E-state index contributed by atoms with van der Waals surface area (Å²) in [7, 11) is 0. The van der Waals surface area contributed by atoms with Crippen molar-refractivity contribution < 1.29 is 9.90 Å². The zero-order valence-electron chi connectivity index (χ0n) is 10.5. The first-order valence-corrected chi connectivity index (χ1v) is 6.26. The fraction of sp³-hybridized carbons (Fsp3) is 0.133. The normalized spacial score (nSPS) is 10.3. The van der Waals surface area contributed by atoms with Gasteiger partial charge in [0.15, 0.2) is 0 Å². The van der Waals surface area contributed by atoms with Gasteiger partial charge in [0.25, 0.3) is 5.91 Å². The molecule has 0 aliphatic heterocycles. The summed E-state index contributed by atoms with van der Waals surface area (Å²) in [4.78, 5) is 12.1. The van der Waals surface area contributed by atoms with Crippen LogP contribution in [0.1, 0.15) is 21.5 Å². The topological polar surface area (TPSA) is 49.3 Å². The molecule has 0 heterocycles. The van der Waals surface area contributed by atoms with E-state index in [4.69, 9.17) is 11.6 Å². The Balaban J connectivity index is 2.23. The van der Waals surface area contributed by atoms with Gasteiger partial charge in [-0.25, -0.2) is 0 Å². The third-order valence-corrected chi connectivity index (χ3v) is 3.28. The largest absolute Gasteiger partial charge is 0.392 e. The third-order valence-electron chi connectivity index (χ3n) is 2.86. The van der Waals surface area contributed by atoms with Crippen LogP contribution in [0.2, 0.25) is 5.02 Å². The van der Waals surface area contributed by atoms with Gasteiger partial charge in [-0.3, -0.25) is 4.79 Å². The van der Waals surface area contributed by atoms with Gasteiger partial charge in [-0.1, -0.05) is 29.8 Å². The predicted molar refractivity (Wildman–Crippen MR) is 76.5 cm³/mol. The Hall–Kier alpha value is -1.84. The quantitative estimate of drug-likeness (QED) is 0.902. The zero-order chi connectivity index (χ0) is 13.8. The van der Waals surface area contributed by atoms with Crippen molar-refractivity contribution in [3.05, 3.63) is 64.2 Å². The molecule has 0 saturated heterocycles. The molecule has 2 rings (SSSR count). The highest BCUT2D eigenvalue weighted by molar-refractivity contribution is 6.31. The average molecular weight is 276 g/mol. The van der Waals surface area contributed by atoms with Crippen LogP contribution in [0, 0.1) is 6.92 Å². The number of amides is 1.